The fourth-order valence-corrected chi connectivity index (χ4v) is 4.03. The molecule has 3 aromatic rings. The van der Waals surface area contributed by atoms with E-state index in [4.69, 9.17) is 0 Å². The first kappa shape index (κ1) is 20.8. The molecule has 0 unspecified atom stereocenters. The minimum atomic E-state index is -0.227. The Hall–Kier alpha value is -2.91. The first-order valence-electron chi connectivity index (χ1n) is 8.83. The summed E-state index contributed by atoms with van der Waals surface area (Å²) in [4.78, 5) is 26.5. The molecule has 29 heavy (non-hydrogen) atoms. The summed E-state index contributed by atoms with van der Waals surface area (Å²) < 4.78 is 0.614. The number of thioether (sulfide) groups is 1. The second kappa shape index (κ2) is 9.53. The second-order valence-corrected chi connectivity index (χ2v) is 8.62. The van der Waals surface area contributed by atoms with Gasteiger partial charge >= 0.3 is 0 Å². The predicted molar refractivity (Wildman–Crippen MR) is 119 cm³/mol. The van der Waals surface area contributed by atoms with Gasteiger partial charge in [-0.15, -0.1) is 10.2 Å². The number of nitrogens with one attached hydrogen (secondary N) is 2. The van der Waals surface area contributed by atoms with E-state index in [2.05, 4.69) is 20.8 Å². The molecule has 0 aliphatic rings. The van der Waals surface area contributed by atoms with Gasteiger partial charge in [0, 0.05) is 31.0 Å². The number of aryl methyl sites for hydroxylation is 1. The summed E-state index contributed by atoms with van der Waals surface area (Å²) in [7, 11) is 3.92. The van der Waals surface area contributed by atoms with Crippen molar-refractivity contribution >= 4 is 51.4 Å². The Bertz CT molecular complexity index is 1000. The zero-order valence-electron chi connectivity index (χ0n) is 16.3. The smallest absolute Gasteiger partial charge is 0.257 e. The summed E-state index contributed by atoms with van der Waals surface area (Å²) in [6.07, 6.45) is 0. The van der Waals surface area contributed by atoms with Crippen LogP contribution in [0.5, 0.6) is 0 Å². The lowest BCUT2D eigenvalue weighted by Gasteiger charge is -2.12. The molecule has 2 N–H and O–H groups in total. The van der Waals surface area contributed by atoms with Crippen molar-refractivity contribution in [1.82, 2.24) is 10.2 Å². The Morgan fingerprint density at radius 3 is 2.45 bits per heavy atom. The summed E-state index contributed by atoms with van der Waals surface area (Å²) >= 11 is 2.51. The van der Waals surface area contributed by atoms with E-state index in [1.807, 2.05) is 68.4 Å². The van der Waals surface area contributed by atoms with E-state index in [1.54, 1.807) is 6.07 Å². The van der Waals surface area contributed by atoms with E-state index in [1.165, 1.54) is 23.1 Å². The predicted octanol–water partition coefficient (Wildman–Crippen LogP) is 3.90. The molecular weight excluding hydrogens is 406 g/mol. The third-order valence-electron chi connectivity index (χ3n) is 4.01. The Labute approximate surface area is 177 Å². The highest BCUT2D eigenvalue weighted by Gasteiger charge is 2.13. The average Bonchev–Trinajstić information content (AvgIpc) is 3.14. The number of carbonyl (C=O) groups excluding carboxylic acids is 2. The molecular formula is C20H21N5O2S2. The molecule has 2 amide bonds. The van der Waals surface area contributed by atoms with Gasteiger partial charge in [0.1, 0.15) is 0 Å². The van der Waals surface area contributed by atoms with Crippen LogP contribution in [0.3, 0.4) is 0 Å². The van der Waals surface area contributed by atoms with Gasteiger partial charge in [-0.1, -0.05) is 41.3 Å². The van der Waals surface area contributed by atoms with E-state index in [0.717, 1.165) is 16.9 Å². The van der Waals surface area contributed by atoms with Gasteiger partial charge in [0.25, 0.3) is 5.91 Å². The first-order valence-corrected chi connectivity index (χ1v) is 10.6. The molecule has 7 nitrogen and oxygen atoms in total. The lowest BCUT2D eigenvalue weighted by atomic mass is 10.1. The van der Waals surface area contributed by atoms with E-state index in [9.17, 15) is 9.59 Å². The lowest BCUT2D eigenvalue weighted by Crippen LogP contribution is -2.14. The molecule has 0 aliphatic heterocycles. The lowest BCUT2D eigenvalue weighted by molar-refractivity contribution is -0.113. The van der Waals surface area contributed by atoms with E-state index in [-0.39, 0.29) is 17.6 Å². The molecule has 0 saturated heterocycles. The Balaban J connectivity index is 1.50. The van der Waals surface area contributed by atoms with Crippen LogP contribution in [0.1, 0.15) is 15.9 Å². The van der Waals surface area contributed by atoms with Crippen molar-refractivity contribution in [2.24, 2.45) is 0 Å². The van der Waals surface area contributed by atoms with Crippen LogP contribution in [0.4, 0.5) is 16.5 Å². The monoisotopic (exact) mass is 427 g/mol. The molecule has 0 aliphatic carbocycles. The zero-order chi connectivity index (χ0) is 20.8. The molecule has 2 aromatic carbocycles. The number of anilines is 3. The summed E-state index contributed by atoms with van der Waals surface area (Å²) in [6.45, 7) is 1.88. The zero-order valence-corrected chi connectivity index (χ0v) is 17.9. The van der Waals surface area contributed by atoms with Crippen molar-refractivity contribution in [3.63, 3.8) is 0 Å². The SMILES string of the molecule is Cc1ccccc1C(=O)Nc1nnc(SCC(=O)Nc2ccc(N(C)C)cc2)s1. The topological polar surface area (TPSA) is 87.2 Å². The largest absolute Gasteiger partial charge is 0.378 e. The molecule has 1 aromatic heterocycles. The first-order chi connectivity index (χ1) is 13.9. The van der Waals surface area contributed by atoms with Crippen molar-refractivity contribution in [3.05, 3.63) is 59.7 Å². The van der Waals surface area contributed by atoms with E-state index >= 15 is 0 Å². The van der Waals surface area contributed by atoms with Crippen molar-refractivity contribution < 1.29 is 9.59 Å². The molecule has 0 radical (unpaired) electrons. The quantitative estimate of drug-likeness (QED) is 0.439. The second-order valence-electron chi connectivity index (χ2n) is 6.42. The molecule has 0 bridgehead atoms. The van der Waals surface area contributed by atoms with Gasteiger partial charge in [-0.05, 0) is 42.8 Å². The fraction of sp³-hybridized carbons (Fsp3) is 0.200. The maximum Gasteiger partial charge on any atom is 0.257 e. The average molecular weight is 428 g/mol. The van der Waals surface area contributed by atoms with Crippen LogP contribution in [0.25, 0.3) is 0 Å². The van der Waals surface area contributed by atoms with Gasteiger partial charge in [0.05, 0.1) is 5.75 Å². The normalized spacial score (nSPS) is 10.4. The number of rotatable bonds is 7. The van der Waals surface area contributed by atoms with Crippen LogP contribution >= 0.6 is 23.1 Å². The highest BCUT2D eigenvalue weighted by Crippen LogP contribution is 2.26. The number of benzene rings is 2. The standard InChI is InChI=1S/C20H21N5O2S2/c1-13-6-4-5-7-16(13)18(27)22-19-23-24-20(29-19)28-12-17(26)21-14-8-10-15(11-9-14)25(2)3/h4-11H,12H2,1-3H3,(H,21,26)(H,22,23,27). The van der Waals surface area contributed by atoms with Gasteiger partial charge in [0.15, 0.2) is 4.34 Å². The molecule has 0 fully saturated rings. The van der Waals surface area contributed by atoms with E-state index < -0.39 is 0 Å². The molecule has 9 heteroatoms. The van der Waals surface area contributed by atoms with E-state index in [0.29, 0.717) is 15.0 Å². The minimum absolute atomic E-state index is 0.131. The molecule has 1 heterocycles. The van der Waals surface area contributed by atoms with Gasteiger partial charge in [0.2, 0.25) is 11.0 Å². The van der Waals surface area contributed by atoms with Gasteiger partial charge in [-0.3, -0.25) is 14.9 Å². The Kier molecular flexibility index (Phi) is 6.84. The third kappa shape index (κ3) is 5.78. The van der Waals surface area contributed by atoms with Crippen LogP contribution in [0.2, 0.25) is 0 Å². The highest BCUT2D eigenvalue weighted by atomic mass is 32.2. The summed E-state index contributed by atoms with van der Waals surface area (Å²) in [5, 5.41) is 14.0. The van der Waals surface area contributed by atoms with Crippen molar-refractivity contribution in [3.8, 4) is 0 Å². The Morgan fingerprint density at radius 2 is 1.76 bits per heavy atom. The van der Waals surface area contributed by atoms with Crippen molar-refractivity contribution in [1.29, 1.82) is 0 Å². The van der Waals surface area contributed by atoms with Crippen LogP contribution in [-0.2, 0) is 4.79 Å². The minimum Gasteiger partial charge on any atom is -0.378 e. The maximum atomic E-state index is 12.3. The molecule has 0 atom stereocenters. The van der Waals surface area contributed by atoms with Crippen molar-refractivity contribution in [2.45, 2.75) is 11.3 Å². The summed E-state index contributed by atoms with van der Waals surface area (Å²) in [5.74, 6) is -0.154. The molecule has 150 valence electrons. The van der Waals surface area contributed by atoms with Crippen LogP contribution in [0, 0.1) is 6.92 Å². The maximum absolute atomic E-state index is 12.3. The van der Waals surface area contributed by atoms with Crippen LogP contribution in [-0.4, -0.2) is 41.9 Å². The van der Waals surface area contributed by atoms with Crippen LogP contribution < -0.4 is 15.5 Å². The number of hydrogen-bond acceptors (Lipinski definition) is 7. The number of nitrogens with zero attached hydrogens (tertiary/aromatic N) is 3. The molecule has 3 rings (SSSR count). The number of amides is 2. The number of hydrogen-bond donors (Lipinski definition) is 2. The molecule has 0 spiro atoms. The Morgan fingerprint density at radius 1 is 1.03 bits per heavy atom. The number of carbonyl (C=O) groups is 2. The fourth-order valence-electron chi connectivity index (χ4n) is 2.48. The summed E-state index contributed by atoms with van der Waals surface area (Å²) in [6, 6.07) is 14.9. The third-order valence-corrected chi connectivity index (χ3v) is 5.98. The molecule has 0 saturated carbocycles. The van der Waals surface area contributed by atoms with Gasteiger partial charge in [-0.2, -0.15) is 0 Å². The van der Waals surface area contributed by atoms with Crippen molar-refractivity contribution in [2.75, 3.05) is 35.4 Å². The number of aromatic nitrogens is 2. The van der Waals surface area contributed by atoms with Gasteiger partial charge < -0.3 is 10.2 Å². The summed E-state index contributed by atoms with van der Waals surface area (Å²) in [5.41, 5.74) is 3.28. The highest BCUT2D eigenvalue weighted by molar-refractivity contribution is 8.01. The van der Waals surface area contributed by atoms with Crippen LogP contribution in [0.15, 0.2) is 52.9 Å². The van der Waals surface area contributed by atoms with Gasteiger partial charge in [-0.25, -0.2) is 0 Å².